The second-order valence-electron chi connectivity index (χ2n) is 5.50. The SMILES string of the molecule is CC(C)(N)c1ccc(N)c(C2=CCCCC2)c1. The van der Waals surface area contributed by atoms with E-state index in [4.69, 9.17) is 11.5 Å². The Morgan fingerprint density at radius 1 is 1.18 bits per heavy atom. The zero-order valence-electron chi connectivity index (χ0n) is 10.8. The molecule has 0 aromatic heterocycles. The first kappa shape index (κ1) is 12.2. The van der Waals surface area contributed by atoms with Crippen molar-refractivity contribution in [3.63, 3.8) is 0 Å². The molecule has 0 radical (unpaired) electrons. The van der Waals surface area contributed by atoms with Gasteiger partial charge in [-0.1, -0.05) is 12.1 Å². The molecule has 0 saturated carbocycles. The van der Waals surface area contributed by atoms with E-state index in [1.165, 1.54) is 30.4 Å². The molecule has 0 amide bonds. The zero-order chi connectivity index (χ0) is 12.5. The third kappa shape index (κ3) is 2.70. The van der Waals surface area contributed by atoms with Crippen LogP contribution in [0.1, 0.15) is 50.7 Å². The van der Waals surface area contributed by atoms with Gasteiger partial charge in [0, 0.05) is 16.8 Å². The molecule has 1 aromatic rings. The third-order valence-electron chi connectivity index (χ3n) is 3.43. The molecule has 1 aliphatic rings. The van der Waals surface area contributed by atoms with Crippen molar-refractivity contribution in [1.29, 1.82) is 0 Å². The lowest BCUT2D eigenvalue weighted by atomic mass is 9.88. The van der Waals surface area contributed by atoms with Crippen LogP contribution in [-0.4, -0.2) is 0 Å². The maximum Gasteiger partial charge on any atom is 0.0390 e. The second-order valence-corrected chi connectivity index (χ2v) is 5.50. The van der Waals surface area contributed by atoms with Crippen LogP contribution in [0.25, 0.3) is 5.57 Å². The first-order valence-corrected chi connectivity index (χ1v) is 6.37. The van der Waals surface area contributed by atoms with Gasteiger partial charge in [-0.3, -0.25) is 0 Å². The highest BCUT2D eigenvalue weighted by Gasteiger charge is 2.17. The molecule has 92 valence electrons. The standard InChI is InChI=1S/C15H22N2/c1-15(2,17)12-8-9-14(16)13(10-12)11-6-4-3-5-7-11/h6,8-10H,3-5,7,16-17H2,1-2H3. The van der Waals surface area contributed by atoms with Gasteiger partial charge in [-0.05, 0) is 62.8 Å². The zero-order valence-corrected chi connectivity index (χ0v) is 10.8. The largest absolute Gasteiger partial charge is 0.398 e. The Morgan fingerprint density at radius 3 is 2.53 bits per heavy atom. The molecule has 0 aliphatic heterocycles. The van der Waals surface area contributed by atoms with Crippen molar-refractivity contribution in [2.24, 2.45) is 5.73 Å². The quantitative estimate of drug-likeness (QED) is 0.765. The number of hydrogen-bond donors (Lipinski definition) is 2. The first-order chi connectivity index (χ1) is 7.98. The molecule has 0 atom stereocenters. The molecule has 2 heteroatoms. The maximum atomic E-state index is 6.14. The van der Waals surface area contributed by atoms with Gasteiger partial charge in [-0.2, -0.15) is 0 Å². The van der Waals surface area contributed by atoms with Gasteiger partial charge in [0.05, 0.1) is 0 Å². The first-order valence-electron chi connectivity index (χ1n) is 6.37. The number of nitrogen functional groups attached to an aromatic ring is 1. The average Bonchev–Trinajstić information content (AvgIpc) is 2.29. The van der Waals surface area contributed by atoms with Crippen LogP contribution in [-0.2, 0) is 5.54 Å². The van der Waals surface area contributed by atoms with Crippen molar-refractivity contribution < 1.29 is 0 Å². The smallest absolute Gasteiger partial charge is 0.0390 e. The minimum absolute atomic E-state index is 0.308. The summed E-state index contributed by atoms with van der Waals surface area (Å²) in [5.74, 6) is 0. The Labute approximate surface area is 104 Å². The van der Waals surface area contributed by atoms with E-state index in [9.17, 15) is 0 Å². The van der Waals surface area contributed by atoms with Crippen molar-refractivity contribution in [2.75, 3.05) is 5.73 Å². The molecule has 2 nitrogen and oxygen atoms in total. The fraction of sp³-hybridized carbons (Fsp3) is 0.467. The molecule has 17 heavy (non-hydrogen) atoms. The van der Waals surface area contributed by atoms with Crippen molar-refractivity contribution in [3.05, 3.63) is 35.4 Å². The number of hydrogen-bond acceptors (Lipinski definition) is 2. The monoisotopic (exact) mass is 230 g/mol. The summed E-state index contributed by atoms with van der Waals surface area (Å²) in [6.45, 7) is 4.05. The van der Waals surface area contributed by atoms with Crippen LogP contribution in [0.15, 0.2) is 24.3 Å². The second kappa shape index (κ2) is 4.53. The van der Waals surface area contributed by atoms with Gasteiger partial charge in [0.25, 0.3) is 0 Å². The summed E-state index contributed by atoms with van der Waals surface area (Å²) in [4.78, 5) is 0. The van der Waals surface area contributed by atoms with Gasteiger partial charge in [-0.25, -0.2) is 0 Å². The van der Waals surface area contributed by atoms with E-state index >= 15 is 0 Å². The van der Waals surface area contributed by atoms with Gasteiger partial charge in [-0.15, -0.1) is 0 Å². The highest BCUT2D eigenvalue weighted by Crippen LogP contribution is 2.32. The minimum Gasteiger partial charge on any atom is -0.398 e. The number of nitrogens with two attached hydrogens (primary N) is 2. The molecule has 4 N–H and O–H groups in total. The van der Waals surface area contributed by atoms with E-state index < -0.39 is 0 Å². The fourth-order valence-electron chi connectivity index (χ4n) is 2.32. The molecule has 0 bridgehead atoms. The van der Waals surface area contributed by atoms with E-state index in [2.05, 4.69) is 12.1 Å². The topological polar surface area (TPSA) is 52.0 Å². The summed E-state index contributed by atoms with van der Waals surface area (Å²) in [5, 5.41) is 0. The van der Waals surface area contributed by atoms with Crippen molar-refractivity contribution >= 4 is 11.3 Å². The van der Waals surface area contributed by atoms with Crippen LogP contribution < -0.4 is 11.5 Å². The molecular formula is C15H22N2. The molecule has 1 aliphatic carbocycles. The molecule has 1 aromatic carbocycles. The van der Waals surface area contributed by atoms with Crippen LogP contribution >= 0.6 is 0 Å². The van der Waals surface area contributed by atoms with Crippen LogP contribution in [0.3, 0.4) is 0 Å². The van der Waals surface area contributed by atoms with Crippen LogP contribution in [0, 0.1) is 0 Å². The Kier molecular flexibility index (Phi) is 3.25. The highest BCUT2D eigenvalue weighted by atomic mass is 14.7. The highest BCUT2D eigenvalue weighted by molar-refractivity contribution is 5.76. The number of benzene rings is 1. The molecular weight excluding hydrogens is 208 g/mol. The number of anilines is 1. The van der Waals surface area contributed by atoms with E-state index in [-0.39, 0.29) is 5.54 Å². The number of allylic oxidation sites excluding steroid dienone is 2. The Hall–Kier alpha value is -1.28. The summed E-state index contributed by atoms with van der Waals surface area (Å²) in [7, 11) is 0. The predicted octanol–water partition coefficient (Wildman–Crippen LogP) is 3.42. The minimum atomic E-state index is -0.308. The van der Waals surface area contributed by atoms with Crippen molar-refractivity contribution in [3.8, 4) is 0 Å². The summed E-state index contributed by atoms with van der Waals surface area (Å²) >= 11 is 0. The summed E-state index contributed by atoms with van der Waals surface area (Å²) in [6.07, 6.45) is 7.19. The Morgan fingerprint density at radius 2 is 1.94 bits per heavy atom. The summed E-state index contributed by atoms with van der Waals surface area (Å²) in [6, 6.07) is 6.17. The van der Waals surface area contributed by atoms with Gasteiger partial charge in [0.1, 0.15) is 0 Å². The average molecular weight is 230 g/mol. The van der Waals surface area contributed by atoms with Crippen molar-refractivity contribution in [2.45, 2.75) is 45.1 Å². The van der Waals surface area contributed by atoms with Crippen LogP contribution in [0.4, 0.5) is 5.69 Å². The lowest BCUT2D eigenvalue weighted by Gasteiger charge is -2.22. The fourth-order valence-corrected chi connectivity index (χ4v) is 2.32. The van der Waals surface area contributed by atoms with Gasteiger partial charge < -0.3 is 11.5 Å². The van der Waals surface area contributed by atoms with Gasteiger partial charge in [0.2, 0.25) is 0 Å². The van der Waals surface area contributed by atoms with Gasteiger partial charge in [0.15, 0.2) is 0 Å². The van der Waals surface area contributed by atoms with E-state index in [1.54, 1.807) is 0 Å². The van der Waals surface area contributed by atoms with Crippen LogP contribution in [0.5, 0.6) is 0 Å². The van der Waals surface area contributed by atoms with E-state index in [0.29, 0.717) is 0 Å². The van der Waals surface area contributed by atoms with E-state index in [1.807, 2.05) is 26.0 Å². The van der Waals surface area contributed by atoms with E-state index in [0.717, 1.165) is 17.7 Å². The lowest BCUT2D eigenvalue weighted by Crippen LogP contribution is -2.28. The molecule has 0 spiro atoms. The van der Waals surface area contributed by atoms with Gasteiger partial charge >= 0.3 is 0 Å². The molecule has 0 heterocycles. The Bertz CT molecular complexity index is 439. The predicted molar refractivity (Wildman–Crippen MR) is 74.5 cm³/mol. The molecule has 0 saturated heterocycles. The lowest BCUT2D eigenvalue weighted by molar-refractivity contribution is 0.554. The summed E-state index contributed by atoms with van der Waals surface area (Å²) < 4.78 is 0. The third-order valence-corrected chi connectivity index (χ3v) is 3.43. The van der Waals surface area contributed by atoms with Crippen molar-refractivity contribution in [1.82, 2.24) is 0 Å². The normalized spacial score (nSPS) is 16.8. The molecule has 0 fully saturated rings. The molecule has 2 rings (SSSR count). The maximum absolute atomic E-state index is 6.14. The Balaban J connectivity index is 2.42. The summed E-state index contributed by atoms with van der Waals surface area (Å²) in [5.41, 5.74) is 16.5. The molecule has 0 unspecified atom stereocenters. The van der Waals surface area contributed by atoms with Crippen LogP contribution in [0.2, 0.25) is 0 Å². The number of rotatable bonds is 2.